The third-order valence-electron chi connectivity index (χ3n) is 6.28. The van der Waals surface area contributed by atoms with Crippen molar-refractivity contribution in [1.29, 1.82) is 0 Å². The minimum absolute atomic E-state index is 0. The summed E-state index contributed by atoms with van der Waals surface area (Å²) in [4.78, 5) is 10.5. The Labute approximate surface area is 260 Å². The molecule has 1 radical (unpaired) electrons. The van der Waals surface area contributed by atoms with Gasteiger partial charge < -0.3 is 10.5 Å². The number of fused-ring (bicyclic) bond motifs is 3. The van der Waals surface area contributed by atoms with Crippen LogP contribution in [0.25, 0.3) is 16.9 Å². The molecule has 2 aliphatic rings. The van der Waals surface area contributed by atoms with Gasteiger partial charge in [0.25, 0.3) is 0 Å². The second kappa shape index (κ2) is 20.9. The number of rotatable bonds is 1. The van der Waals surface area contributed by atoms with Crippen LogP contribution in [0.3, 0.4) is 0 Å². The smallest absolute Gasteiger partial charge is 0.668 e. The van der Waals surface area contributed by atoms with E-state index in [1.54, 1.807) is 0 Å². The zero-order valence-corrected chi connectivity index (χ0v) is 26.8. The van der Waals surface area contributed by atoms with Crippen molar-refractivity contribution in [2.24, 2.45) is 5.92 Å². The summed E-state index contributed by atoms with van der Waals surface area (Å²) < 4.78 is 0. The molecule has 4 aromatic rings. The molecule has 0 aliphatic heterocycles. The zero-order chi connectivity index (χ0) is 28.3. The number of hydrogen-bond donors (Lipinski definition) is 0. The molecule has 2 aliphatic carbocycles. The standard InChI is InChI=1S/C13H9.C7H13NO.2C7H7.C2H7Si.Ti/c1-3-7-12-10(5-1)9-11-6-2-4-8-13(11)12;8-7(9)6-4-2-1-3-5-6;2*1-7-5-3-2-4-6-7;1-3-2;/h1-5,7-8H,9H2;6H,1-5H2,(H2,8,9);2*2-6H,1H2;3H,1-2H3;/q-1;;2*-1;;+4/p-1. The van der Waals surface area contributed by atoms with Gasteiger partial charge >= 0.3 is 21.7 Å². The van der Waals surface area contributed by atoms with Crippen LogP contribution in [-0.4, -0.2) is 15.4 Å². The van der Waals surface area contributed by atoms with Gasteiger partial charge in [-0.2, -0.15) is 79.1 Å². The number of hydrogen-bond acceptors (Lipinski definition) is 1. The molecular formula is C36H42NOSiTi. The van der Waals surface area contributed by atoms with Crippen LogP contribution in [0.5, 0.6) is 0 Å². The summed E-state index contributed by atoms with van der Waals surface area (Å²) in [5, 5.41) is 0. The van der Waals surface area contributed by atoms with Gasteiger partial charge in [-0.1, -0.05) is 79.9 Å². The van der Waals surface area contributed by atoms with Crippen molar-refractivity contribution >= 4 is 15.4 Å². The van der Waals surface area contributed by atoms with E-state index in [-0.39, 0.29) is 33.5 Å². The first-order chi connectivity index (χ1) is 19.0. The van der Waals surface area contributed by atoms with Crippen LogP contribution in [0.15, 0.2) is 103 Å². The molecule has 0 saturated heterocycles. The van der Waals surface area contributed by atoms with E-state index < -0.39 is 0 Å². The Morgan fingerprint density at radius 2 is 1.23 bits per heavy atom. The van der Waals surface area contributed by atoms with E-state index in [4.69, 9.17) is 5.73 Å². The summed E-state index contributed by atoms with van der Waals surface area (Å²) in [5.74, 6) is -0.270. The molecule has 0 aromatic heterocycles. The Morgan fingerprint density at radius 3 is 1.68 bits per heavy atom. The van der Waals surface area contributed by atoms with E-state index in [9.17, 15) is 4.79 Å². The summed E-state index contributed by atoms with van der Waals surface area (Å²) in [7, 11) is 0.750. The van der Waals surface area contributed by atoms with Crippen LogP contribution in [-0.2, 0) is 32.9 Å². The van der Waals surface area contributed by atoms with Gasteiger partial charge in [0.2, 0.25) is 0 Å². The van der Waals surface area contributed by atoms with Gasteiger partial charge in [0.05, 0.1) is 5.91 Å². The van der Waals surface area contributed by atoms with E-state index in [1.807, 2.05) is 66.7 Å². The van der Waals surface area contributed by atoms with Gasteiger partial charge in [-0.15, -0.1) is 29.8 Å². The van der Waals surface area contributed by atoms with Crippen molar-refractivity contribution in [3.63, 3.8) is 0 Å². The van der Waals surface area contributed by atoms with Gasteiger partial charge in [-0.25, -0.2) is 0 Å². The molecular weight excluding hydrogens is 538 g/mol. The Kier molecular flexibility index (Phi) is 18.3. The summed E-state index contributed by atoms with van der Waals surface area (Å²) in [6.07, 6.45) is 6.52. The van der Waals surface area contributed by atoms with Crippen molar-refractivity contribution in [3.8, 4) is 11.1 Å². The molecule has 1 N–H and O–H groups in total. The fourth-order valence-electron chi connectivity index (χ4n) is 4.32. The Morgan fingerprint density at radius 1 is 0.750 bits per heavy atom. The number of nitrogens with one attached hydrogen (secondary N) is 1. The van der Waals surface area contributed by atoms with Crippen molar-refractivity contribution in [2.75, 3.05) is 0 Å². The fraction of sp³-hybridized carbons (Fsp3) is 0.250. The van der Waals surface area contributed by atoms with E-state index >= 15 is 0 Å². The maximum atomic E-state index is 10.5. The second-order valence-corrected chi connectivity index (χ2v) is 10.8. The summed E-state index contributed by atoms with van der Waals surface area (Å²) in [5.41, 5.74) is 14.5. The molecule has 0 spiro atoms. The maximum absolute atomic E-state index is 10.5. The van der Waals surface area contributed by atoms with Gasteiger partial charge in [-0.05, 0) is 19.3 Å². The number of benzene rings is 4. The Hall–Kier alpha value is -2.98. The molecule has 2 nitrogen and oxygen atoms in total. The second-order valence-electron chi connectivity index (χ2n) is 9.64. The first kappa shape index (κ1) is 35.0. The SMILES string of the molecule is C[SiH]C.[CH2-]c1ccccc1.[CH2-]c1ccccc1.[NH-]C(=O)C1CCCCC1.[Ti+4].[c-]1cccc2c1Cc1ccccc1-2. The topological polar surface area (TPSA) is 40.9 Å². The third-order valence-corrected chi connectivity index (χ3v) is 6.28. The van der Waals surface area contributed by atoms with Gasteiger partial charge in [0.1, 0.15) is 0 Å². The van der Waals surface area contributed by atoms with Crippen LogP contribution in [0, 0.1) is 25.8 Å². The maximum Gasteiger partial charge on any atom is 4.00 e. The Bertz CT molecular complexity index is 1130. The van der Waals surface area contributed by atoms with Crippen molar-refractivity contribution in [1.82, 2.24) is 0 Å². The molecule has 1 saturated carbocycles. The fourth-order valence-corrected chi connectivity index (χ4v) is 4.32. The predicted octanol–water partition coefficient (Wildman–Crippen LogP) is 9.46. The summed E-state index contributed by atoms with van der Waals surface area (Å²) >= 11 is 0. The van der Waals surface area contributed by atoms with Crippen molar-refractivity contribution in [2.45, 2.75) is 51.6 Å². The summed E-state index contributed by atoms with van der Waals surface area (Å²) in [6.45, 7) is 11.9. The quantitative estimate of drug-likeness (QED) is 0.144. The van der Waals surface area contributed by atoms with Crippen LogP contribution in [0.1, 0.15) is 54.4 Å². The molecule has 1 fully saturated rings. The predicted molar refractivity (Wildman–Crippen MR) is 170 cm³/mol. The molecule has 0 heterocycles. The van der Waals surface area contributed by atoms with Crippen LogP contribution >= 0.6 is 0 Å². The minimum Gasteiger partial charge on any atom is -0.668 e. The zero-order valence-electron chi connectivity index (χ0n) is 24.0. The molecule has 6 rings (SSSR count). The van der Waals surface area contributed by atoms with E-state index in [0.29, 0.717) is 0 Å². The third kappa shape index (κ3) is 13.4. The van der Waals surface area contributed by atoms with E-state index in [1.165, 1.54) is 28.7 Å². The van der Waals surface area contributed by atoms with Crippen molar-refractivity contribution in [3.05, 3.63) is 151 Å². The first-order valence-electron chi connectivity index (χ1n) is 13.8. The molecule has 0 unspecified atom stereocenters. The molecule has 4 aromatic carbocycles. The average Bonchev–Trinajstić information content (AvgIpc) is 3.35. The molecule has 0 bridgehead atoms. The van der Waals surface area contributed by atoms with Crippen LogP contribution in [0.4, 0.5) is 0 Å². The van der Waals surface area contributed by atoms with E-state index in [0.717, 1.165) is 52.8 Å². The van der Waals surface area contributed by atoms with Gasteiger partial charge in [0.15, 0.2) is 0 Å². The monoisotopic (exact) mass is 580 g/mol. The Balaban J connectivity index is 0.000000265. The molecule has 4 heteroatoms. The number of carbonyl (C=O) groups is 1. The first-order valence-corrected chi connectivity index (χ1v) is 16.1. The number of amides is 1. The van der Waals surface area contributed by atoms with Crippen molar-refractivity contribution < 1.29 is 26.5 Å². The average molecular weight is 581 g/mol. The minimum atomic E-state index is -0.352. The summed E-state index contributed by atoms with van der Waals surface area (Å²) in [6, 6.07) is 37.9. The molecule has 40 heavy (non-hydrogen) atoms. The molecule has 0 atom stereocenters. The van der Waals surface area contributed by atoms with Crippen LogP contribution in [0.2, 0.25) is 13.1 Å². The van der Waals surface area contributed by atoms with Crippen LogP contribution < -0.4 is 0 Å². The largest absolute Gasteiger partial charge is 4.00 e. The molecule has 205 valence electrons. The van der Waals surface area contributed by atoms with E-state index in [2.05, 4.69) is 69.4 Å². The van der Waals surface area contributed by atoms with Gasteiger partial charge in [0, 0.05) is 15.4 Å². The normalized spacial score (nSPS) is 12.3. The van der Waals surface area contributed by atoms with Gasteiger partial charge in [-0.3, -0.25) is 0 Å². The number of carbonyl (C=O) groups excluding carboxylic acids is 1. The molecule has 1 amide bonds.